The first kappa shape index (κ1) is 19.2. The Kier molecular flexibility index (Phi) is 5.70. The minimum absolute atomic E-state index is 0.156. The van der Waals surface area contributed by atoms with Crippen LogP contribution in [0.5, 0.6) is 5.75 Å². The molecule has 1 amide bonds. The van der Waals surface area contributed by atoms with Crippen LogP contribution in [0.2, 0.25) is 0 Å². The van der Waals surface area contributed by atoms with Crippen LogP contribution in [0.25, 0.3) is 0 Å². The Bertz CT molecular complexity index is 923. The minimum atomic E-state index is -3.29. The molecule has 7 heteroatoms. The molecule has 0 aromatic heterocycles. The van der Waals surface area contributed by atoms with Crippen LogP contribution in [0.3, 0.4) is 0 Å². The standard InChI is InChI=1S/C20H24N2O4S/c1-15-5-8-17(14-19(15)22-11-3-4-12-27(22,24)25)21-20(23)13-16-6-9-18(26-2)10-7-16/h5-10,14H,3-4,11-13H2,1-2H3,(H,21,23). The number of rotatable bonds is 5. The van der Waals surface area contributed by atoms with Crippen molar-refractivity contribution in [2.24, 2.45) is 0 Å². The third kappa shape index (κ3) is 4.60. The van der Waals surface area contributed by atoms with Crippen molar-refractivity contribution in [1.29, 1.82) is 0 Å². The summed E-state index contributed by atoms with van der Waals surface area (Å²) >= 11 is 0. The van der Waals surface area contributed by atoms with E-state index >= 15 is 0 Å². The number of nitrogens with one attached hydrogen (secondary N) is 1. The Balaban J connectivity index is 1.74. The van der Waals surface area contributed by atoms with Gasteiger partial charge in [0.2, 0.25) is 15.9 Å². The third-order valence-electron chi connectivity index (χ3n) is 4.63. The van der Waals surface area contributed by atoms with Gasteiger partial charge in [-0.25, -0.2) is 8.42 Å². The summed E-state index contributed by atoms with van der Waals surface area (Å²) in [5, 5.41) is 2.86. The van der Waals surface area contributed by atoms with Gasteiger partial charge in [0.1, 0.15) is 5.75 Å². The fourth-order valence-electron chi connectivity index (χ4n) is 3.15. The largest absolute Gasteiger partial charge is 0.497 e. The molecule has 0 saturated carbocycles. The van der Waals surface area contributed by atoms with E-state index in [4.69, 9.17) is 4.74 Å². The van der Waals surface area contributed by atoms with Gasteiger partial charge in [0.15, 0.2) is 0 Å². The minimum Gasteiger partial charge on any atom is -0.497 e. The number of benzene rings is 2. The Morgan fingerprint density at radius 3 is 2.56 bits per heavy atom. The maximum absolute atomic E-state index is 12.4. The molecule has 0 atom stereocenters. The van der Waals surface area contributed by atoms with Crippen molar-refractivity contribution in [3.8, 4) is 5.75 Å². The number of methoxy groups -OCH3 is 1. The predicted octanol–water partition coefficient (Wildman–Crippen LogP) is 3.11. The molecular formula is C20H24N2O4S. The SMILES string of the molecule is COc1ccc(CC(=O)Nc2ccc(C)c(N3CCCCS3(=O)=O)c2)cc1. The quantitative estimate of drug-likeness (QED) is 0.854. The second-order valence-corrected chi connectivity index (χ2v) is 8.68. The van der Waals surface area contributed by atoms with E-state index in [1.165, 1.54) is 4.31 Å². The second kappa shape index (κ2) is 8.00. The lowest BCUT2D eigenvalue weighted by Gasteiger charge is -2.29. The number of hydrogen-bond donors (Lipinski definition) is 1. The number of amides is 1. The lowest BCUT2D eigenvalue weighted by Crippen LogP contribution is -2.38. The van der Waals surface area contributed by atoms with Gasteiger partial charge >= 0.3 is 0 Å². The molecule has 27 heavy (non-hydrogen) atoms. The van der Waals surface area contributed by atoms with Gasteiger partial charge in [0.05, 0.1) is 25.0 Å². The molecule has 0 spiro atoms. The van der Waals surface area contributed by atoms with Crippen LogP contribution in [-0.4, -0.2) is 33.7 Å². The summed E-state index contributed by atoms with van der Waals surface area (Å²) in [5.74, 6) is 0.752. The maximum Gasteiger partial charge on any atom is 0.235 e. The highest BCUT2D eigenvalue weighted by atomic mass is 32.2. The molecule has 1 aliphatic rings. The van der Waals surface area contributed by atoms with E-state index in [9.17, 15) is 13.2 Å². The Labute approximate surface area is 160 Å². The van der Waals surface area contributed by atoms with Crippen molar-refractivity contribution >= 4 is 27.3 Å². The molecular weight excluding hydrogens is 364 g/mol. The number of aryl methyl sites for hydroxylation is 1. The number of ether oxygens (including phenoxy) is 1. The van der Waals surface area contributed by atoms with Crippen molar-refractivity contribution in [3.05, 3.63) is 53.6 Å². The summed E-state index contributed by atoms with van der Waals surface area (Å²) < 4.78 is 31.4. The van der Waals surface area contributed by atoms with Crippen LogP contribution in [0, 0.1) is 6.92 Å². The van der Waals surface area contributed by atoms with Gasteiger partial charge in [-0.3, -0.25) is 9.10 Å². The average Bonchev–Trinajstić information content (AvgIpc) is 2.64. The van der Waals surface area contributed by atoms with Crippen molar-refractivity contribution in [3.63, 3.8) is 0 Å². The van der Waals surface area contributed by atoms with Crippen LogP contribution < -0.4 is 14.4 Å². The molecule has 1 heterocycles. The summed E-state index contributed by atoms with van der Waals surface area (Å²) in [6.45, 7) is 2.36. The van der Waals surface area contributed by atoms with E-state index in [1.54, 1.807) is 19.2 Å². The zero-order valence-electron chi connectivity index (χ0n) is 15.6. The average molecular weight is 388 g/mol. The predicted molar refractivity (Wildman–Crippen MR) is 107 cm³/mol. The molecule has 2 aromatic rings. The van der Waals surface area contributed by atoms with Crippen molar-refractivity contribution < 1.29 is 17.9 Å². The zero-order chi connectivity index (χ0) is 19.4. The first-order valence-electron chi connectivity index (χ1n) is 8.93. The fourth-order valence-corrected chi connectivity index (χ4v) is 4.84. The molecule has 1 N–H and O–H groups in total. The monoisotopic (exact) mass is 388 g/mol. The number of hydrogen-bond acceptors (Lipinski definition) is 4. The molecule has 1 aliphatic heterocycles. The van der Waals surface area contributed by atoms with Gasteiger partial charge < -0.3 is 10.1 Å². The first-order valence-corrected chi connectivity index (χ1v) is 10.5. The van der Waals surface area contributed by atoms with Gasteiger partial charge in [-0.2, -0.15) is 0 Å². The van der Waals surface area contributed by atoms with E-state index in [2.05, 4.69) is 5.32 Å². The molecule has 6 nitrogen and oxygen atoms in total. The highest BCUT2D eigenvalue weighted by molar-refractivity contribution is 7.92. The van der Waals surface area contributed by atoms with Crippen molar-refractivity contribution in [2.45, 2.75) is 26.2 Å². The van der Waals surface area contributed by atoms with E-state index in [0.717, 1.165) is 23.3 Å². The van der Waals surface area contributed by atoms with Crippen LogP contribution in [0.1, 0.15) is 24.0 Å². The van der Waals surface area contributed by atoms with Gasteiger partial charge in [0, 0.05) is 12.2 Å². The number of carbonyl (C=O) groups is 1. The number of sulfonamides is 1. The van der Waals surface area contributed by atoms with Gasteiger partial charge in [-0.1, -0.05) is 18.2 Å². The Morgan fingerprint density at radius 1 is 1.15 bits per heavy atom. The summed E-state index contributed by atoms with van der Waals surface area (Å²) in [6, 6.07) is 12.7. The van der Waals surface area contributed by atoms with E-state index < -0.39 is 10.0 Å². The molecule has 1 fully saturated rings. The molecule has 0 bridgehead atoms. The van der Waals surface area contributed by atoms with Crippen molar-refractivity contribution in [1.82, 2.24) is 0 Å². The maximum atomic E-state index is 12.4. The summed E-state index contributed by atoms with van der Waals surface area (Å²) in [6.07, 6.45) is 1.76. The Hall–Kier alpha value is -2.54. The molecule has 2 aromatic carbocycles. The topological polar surface area (TPSA) is 75.7 Å². The summed E-state index contributed by atoms with van der Waals surface area (Å²) in [7, 11) is -1.69. The molecule has 3 rings (SSSR count). The second-order valence-electron chi connectivity index (χ2n) is 6.67. The third-order valence-corrected chi connectivity index (χ3v) is 6.49. The summed E-state index contributed by atoms with van der Waals surface area (Å²) in [5.41, 5.74) is 2.97. The fraction of sp³-hybridized carbons (Fsp3) is 0.350. The number of carbonyl (C=O) groups excluding carboxylic acids is 1. The first-order chi connectivity index (χ1) is 12.9. The van der Waals surface area contributed by atoms with Crippen LogP contribution in [0.4, 0.5) is 11.4 Å². The van der Waals surface area contributed by atoms with E-state index in [0.29, 0.717) is 24.3 Å². The molecule has 0 aliphatic carbocycles. The van der Waals surface area contributed by atoms with Crippen LogP contribution in [0.15, 0.2) is 42.5 Å². The van der Waals surface area contributed by atoms with Gasteiger partial charge in [-0.05, 0) is 55.2 Å². The van der Waals surface area contributed by atoms with Crippen molar-refractivity contribution in [2.75, 3.05) is 29.0 Å². The highest BCUT2D eigenvalue weighted by Crippen LogP contribution is 2.29. The van der Waals surface area contributed by atoms with Crippen LogP contribution in [-0.2, 0) is 21.2 Å². The van der Waals surface area contributed by atoms with Crippen LogP contribution >= 0.6 is 0 Å². The summed E-state index contributed by atoms with van der Waals surface area (Å²) in [4.78, 5) is 12.4. The molecule has 0 radical (unpaired) electrons. The van der Waals surface area contributed by atoms with Gasteiger partial charge in [0.25, 0.3) is 0 Å². The normalized spacial score (nSPS) is 16.0. The lowest BCUT2D eigenvalue weighted by atomic mass is 10.1. The van der Waals surface area contributed by atoms with E-state index in [-0.39, 0.29) is 18.1 Å². The highest BCUT2D eigenvalue weighted by Gasteiger charge is 2.27. The van der Waals surface area contributed by atoms with E-state index in [1.807, 2.05) is 37.3 Å². The molecule has 144 valence electrons. The Morgan fingerprint density at radius 2 is 1.89 bits per heavy atom. The zero-order valence-corrected chi connectivity index (χ0v) is 16.4. The molecule has 1 saturated heterocycles. The molecule has 0 unspecified atom stereocenters. The lowest BCUT2D eigenvalue weighted by molar-refractivity contribution is -0.115. The smallest absolute Gasteiger partial charge is 0.235 e. The number of nitrogens with zero attached hydrogens (tertiary/aromatic N) is 1. The van der Waals surface area contributed by atoms with Gasteiger partial charge in [-0.15, -0.1) is 0 Å². The number of anilines is 2.